The number of aromatic nitrogens is 1. The molecule has 6 heteroatoms. The fraction of sp³-hybridized carbons (Fsp3) is 0.600. The lowest BCUT2D eigenvalue weighted by molar-refractivity contribution is -0.0589. The topological polar surface area (TPSA) is 60.5 Å². The van der Waals surface area contributed by atoms with Crippen molar-refractivity contribution in [2.45, 2.75) is 39.3 Å². The zero-order valence-electron chi connectivity index (χ0n) is 12.7. The van der Waals surface area contributed by atoms with Gasteiger partial charge in [0.25, 0.3) is 5.91 Å². The van der Waals surface area contributed by atoms with E-state index in [2.05, 4.69) is 10.3 Å². The molecule has 1 fully saturated rings. The number of nitrogens with zero attached hydrogens (tertiary/aromatic N) is 1. The summed E-state index contributed by atoms with van der Waals surface area (Å²) in [6, 6.07) is -0.0155. The number of carbonyl (C=O) groups is 1. The van der Waals surface area contributed by atoms with Gasteiger partial charge in [-0.2, -0.15) is 0 Å². The molecule has 0 aromatic carbocycles. The van der Waals surface area contributed by atoms with Crippen LogP contribution in [0.5, 0.6) is 0 Å². The number of carbonyl (C=O) groups excluding carboxylic acids is 1. The fourth-order valence-electron chi connectivity index (χ4n) is 2.13. The zero-order chi connectivity index (χ0) is 15.2. The summed E-state index contributed by atoms with van der Waals surface area (Å²) in [7, 11) is 0. The van der Waals surface area contributed by atoms with Gasteiger partial charge in [-0.1, -0.05) is 11.6 Å². The van der Waals surface area contributed by atoms with Gasteiger partial charge in [-0.15, -0.1) is 11.3 Å². The van der Waals surface area contributed by atoms with E-state index in [0.29, 0.717) is 24.7 Å². The minimum absolute atomic E-state index is 0.0155. The van der Waals surface area contributed by atoms with Crippen LogP contribution in [0.1, 0.15) is 35.6 Å². The highest BCUT2D eigenvalue weighted by Crippen LogP contribution is 2.16. The van der Waals surface area contributed by atoms with E-state index in [0.717, 1.165) is 12.1 Å². The van der Waals surface area contributed by atoms with Crippen molar-refractivity contribution in [3.8, 4) is 0 Å². The normalized spacial score (nSPS) is 21.9. The molecule has 1 saturated heterocycles. The molecular weight excluding hydrogens is 288 g/mol. The first-order chi connectivity index (χ1) is 10.1. The molecule has 0 saturated carbocycles. The Labute approximate surface area is 129 Å². The standard InChI is InChI=1S/C15H22N2O3S/c1-10(2)4-7-20-13-8-19-6-5-12(13)17-15(18)14-11(3)16-9-21-14/h4,9,12-13H,5-8H2,1-3H3,(H,17,18)/t12-,13-/m1/s1. The number of thiazole rings is 1. The maximum Gasteiger partial charge on any atom is 0.263 e. The molecule has 21 heavy (non-hydrogen) atoms. The average molecular weight is 310 g/mol. The second kappa shape index (κ2) is 7.68. The van der Waals surface area contributed by atoms with Gasteiger partial charge in [0.15, 0.2) is 0 Å². The number of hydrogen-bond acceptors (Lipinski definition) is 5. The van der Waals surface area contributed by atoms with Crippen molar-refractivity contribution in [1.29, 1.82) is 0 Å². The summed E-state index contributed by atoms with van der Waals surface area (Å²) in [5.74, 6) is -0.0716. The van der Waals surface area contributed by atoms with Crippen molar-refractivity contribution < 1.29 is 14.3 Å². The zero-order valence-corrected chi connectivity index (χ0v) is 13.5. The van der Waals surface area contributed by atoms with E-state index in [1.807, 2.05) is 26.8 Å². The second-order valence-corrected chi connectivity index (χ2v) is 6.22. The maximum atomic E-state index is 12.3. The Bertz CT molecular complexity index is 509. The molecular formula is C15H22N2O3S. The van der Waals surface area contributed by atoms with Gasteiger partial charge in [-0.05, 0) is 27.2 Å². The minimum Gasteiger partial charge on any atom is -0.379 e. The van der Waals surface area contributed by atoms with Gasteiger partial charge in [-0.3, -0.25) is 4.79 Å². The molecule has 0 aliphatic carbocycles. The predicted octanol–water partition coefficient (Wildman–Crippen LogP) is 2.32. The van der Waals surface area contributed by atoms with Crippen LogP contribution in [0, 0.1) is 6.92 Å². The lowest BCUT2D eigenvalue weighted by Gasteiger charge is -2.31. The first kappa shape index (κ1) is 16.1. The van der Waals surface area contributed by atoms with E-state index >= 15 is 0 Å². The third kappa shape index (κ3) is 4.62. The Hall–Kier alpha value is -1.24. The van der Waals surface area contributed by atoms with E-state index in [1.165, 1.54) is 16.9 Å². The minimum atomic E-state index is -0.105. The number of allylic oxidation sites excluding steroid dienone is 1. The van der Waals surface area contributed by atoms with Crippen LogP contribution in [-0.4, -0.2) is 42.9 Å². The smallest absolute Gasteiger partial charge is 0.263 e. The Morgan fingerprint density at radius 1 is 1.62 bits per heavy atom. The molecule has 1 aliphatic rings. The van der Waals surface area contributed by atoms with Crippen LogP contribution in [-0.2, 0) is 9.47 Å². The fourth-order valence-corrected chi connectivity index (χ4v) is 2.84. The van der Waals surface area contributed by atoms with Gasteiger partial charge < -0.3 is 14.8 Å². The number of ether oxygens (including phenoxy) is 2. The largest absolute Gasteiger partial charge is 0.379 e. The molecule has 1 amide bonds. The highest BCUT2D eigenvalue weighted by molar-refractivity contribution is 7.11. The van der Waals surface area contributed by atoms with E-state index in [1.54, 1.807) is 5.51 Å². The van der Waals surface area contributed by atoms with Gasteiger partial charge in [-0.25, -0.2) is 4.98 Å². The van der Waals surface area contributed by atoms with Crippen LogP contribution in [0.3, 0.4) is 0 Å². The van der Waals surface area contributed by atoms with Gasteiger partial charge in [0.2, 0.25) is 0 Å². The van der Waals surface area contributed by atoms with Crippen molar-refractivity contribution in [2.75, 3.05) is 19.8 Å². The predicted molar refractivity (Wildman–Crippen MR) is 82.7 cm³/mol. The van der Waals surface area contributed by atoms with Crippen LogP contribution in [0.15, 0.2) is 17.2 Å². The molecule has 2 heterocycles. The van der Waals surface area contributed by atoms with Crippen molar-refractivity contribution >= 4 is 17.2 Å². The third-order valence-corrected chi connectivity index (χ3v) is 4.30. The molecule has 2 atom stereocenters. The van der Waals surface area contributed by atoms with Crippen molar-refractivity contribution in [1.82, 2.24) is 10.3 Å². The summed E-state index contributed by atoms with van der Waals surface area (Å²) in [5, 5.41) is 3.06. The second-order valence-electron chi connectivity index (χ2n) is 5.36. The molecule has 2 rings (SSSR count). The van der Waals surface area contributed by atoms with E-state index in [9.17, 15) is 4.79 Å². The van der Waals surface area contributed by atoms with Gasteiger partial charge in [0.1, 0.15) is 11.0 Å². The van der Waals surface area contributed by atoms with Gasteiger partial charge >= 0.3 is 0 Å². The SMILES string of the molecule is CC(C)=CCO[C@@H]1COCC[C@H]1NC(=O)c1scnc1C. The summed E-state index contributed by atoms with van der Waals surface area (Å²) in [6.07, 6.45) is 2.69. The van der Waals surface area contributed by atoms with Crippen LogP contribution in [0.4, 0.5) is 0 Å². The molecule has 1 aliphatic heterocycles. The molecule has 0 radical (unpaired) electrons. The Morgan fingerprint density at radius 3 is 3.10 bits per heavy atom. The molecule has 1 N–H and O–H groups in total. The Morgan fingerprint density at radius 2 is 2.43 bits per heavy atom. The molecule has 0 unspecified atom stereocenters. The summed E-state index contributed by atoms with van der Waals surface area (Å²) < 4.78 is 11.3. The highest BCUT2D eigenvalue weighted by Gasteiger charge is 2.28. The summed E-state index contributed by atoms with van der Waals surface area (Å²) in [4.78, 5) is 17.1. The van der Waals surface area contributed by atoms with Crippen LogP contribution < -0.4 is 5.32 Å². The number of amides is 1. The van der Waals surface area contributed by atoms with Crippen molar-refractivity contribution in [3.63, 3.8) is 0 Å². The first-order valence-corrected chi connectivity index (χ1v) is 7.99. The molecule has 0 bridgehead atoms. The third-order valence-electron chi connectivity index (χ3n) is 3.37. The van der Waals surface area contributed by atoms with Crippen molar-refractivity contribution in [2.24, 2.45) is 0 Å². The summed E-state index contributed by atoms with van der Waals surface area (Å²) >= 11 is 1.36. The summed E-state index contributed by atoms with van der Waals surface area (Å²) in [5.41, 5.74) is 3.68. The quantitative estimate of drug-likeness (QED) is 0.848. The van der Waals surface area contributed by atoms with Gasteiger partial charge in [0.05, 0.1) is 30.5 Å². The average Bonchev–Trinajstić information content (AvgIpc) is 2.86. The number of nitrogens with one attached hydrogen (secondary N) is 1. The highest BCUT2D eigenvalue weighted by atomic mass is 32.1. The molecule has 1 aromatic rings. The van der Waals surface area contributed by atoms with E-state index < -0.39 is 0 Å². The Balaban J connectivity index is 1.94. The van der Waals surface area contributed by atoms with Crippen LogP contribution in [0.25, 0.3) is 0 Å². The van der Waals surface area contributed by atoms with Crippen LogP contribution in [0.2, 0.25) is 0 Å². The number of aryl methyl sites for hydroxylation is 1. The monoisotopic (exact) mass is 310 g/mol. The molecule has 0 spiro atoms. The molecule has 5 nitrogen and oxygen atoms in total. The van der Waals surface area contributed by atoms with E-state index in [-0.39, 0.29) is 18.1 Å². The number of hydrogen-bond donors (Lipinski definition) is 1. The summed E-state index contributed by atoms with van der Waals surface area (Å²) in [6.45, 7) is 7.62. The maximum absolute atomic E-state index is 12.3. The molecule has 116 valence electrons. The molecule has 1 aromatic heterocycles. The first-order valence-electron chi connectivity index (χ1n) is 7.11. The van der Waals surface area contributed by atoms with Crippen LogP contribution >= 0.6 is 11.3 Å². The van der Waals surface area contributed by atoms with Gasteiger partial charge in [0, 0.05) is 6.61 Å². The lowest BCUT2D eigenvalue weighted by Crippen LogP contribution is -2.50. The van der Waals surface area contributed by atoms with Crippen molar-refractivity contribution in [3.05, 3.63) is 27.7 Å². The Kier molecular flexibility index (Phi) is 5.90. The van der Waals surface area contributed by atoms with E-state index in [4.69, 9.17) is 9.47 Å². The lowest BCUT2D eigenvalue weighted by atomic mass is 10.1. The number of rotatable bonds is 5.